The summed E-state index contributed by atoms with van der Waals surface area (Å²) in [4.78, 5) is 4.46. The lowest BCUT2D eigenvalue weighted by Crippen LogP contribution is -2.04. The summed E-state index contributed by atoms with van der Waals surface area (Å²) in [5.74, 6) is 0.869. The maximum absolute atomic E-state index is 8.69. The second kappa shape index (κ2) is 6.36. The number of benzene rings is 2. The van der Waals surface area contributed by atoms with E-state index in [2.05, 4.69) is 40.7 Å². The van der Waals surface area contributed by atoms with Crippen molar-refractivity contribution in [3.8, 4) is 5.82 Å². The Morgan fingerprint density at radius 2 is 1.72 bits per heavy atom. The molecular formula is C22H19N3. The summed E-state index contributed by atoms with van der Waals surface area (Å²) < 4.78 is 2.07. The number of rotatable bonds is 4. The van der Waals surface area contributed by atoms with Crippen LogP contribution < -0.4 is 0 Å². The number of hydrogen-bond donors (Lipinski definition) is 1. The minimum atomic E-state index is 0.625. The highest BCUT2D eigenvalue weighted by Crippen LogP contribution is 2.25. The van der Waals surface area contributed by atoms with Gasteiger partial charge in [-0.1, -0.05) is 48.5 Å². The zero-order valence-electron chi connectivity index (χ0n) is 14.1. The van der Waals surface area contributed by atoms with E-state index in [-0.39, 0.29) is 0 Å². The molecule has 0 aliphatic heterocycles. The van der Waals surface area contributed by atoms with Crippen molar-refractivity contribution in [1.29, 1.82) is 5.41 Å². The van der Waals surface area contributed by atoms with E-state index in [4.69, 9.17) is 5.41 Å². The first kappa shape index (κ1) is 15.3. The molecule has 3 nitrogen and oxygen atoms in total. The lowest BCUT2D eigenvalue weighted by Gasteiger charge is -2.06. The summed E-state index contributed by atoms with van der Waals surface area (Å²) in [6.45, 7) is 2.10. The average Bonchev–Trinajstić information content (AvgIpc) is 3.04. The van der Waals surface area contributed by atoms with Gasteiger partial charge in [-0.3, -0.25) is 0 Å². The highest BCUT2D eigenvalue weighted by Gasteiger charge is 2.14. The molecule has 4 rings (SSSR count). The highest BCUT2D eigenvalue weighted by atomic mass is 15.0. The van der Waals surface area contributed by atoms with E-state index in [1.54, 1.807) is 6.20 Å². The van der Waals surface area contributed by atoms with Crippen LogP contribution in [0.3, 0.4) is 0 Å². The number of fused-ring (bicyclic) bond motifs is 1. The second-order valence-corrected chi connectivity index (χ2v) is 6.20. The Morgan fingerprint density at radius 3 is 2.52 bits per heavy atom. The largest absolute Gasteiger partial charge is 0.304 e. The molecule has 0 amide bonds. The third kappa shape index (κ3) is 2.85. The summed E-state index contributed by atoms with van der Waals surface area (Å²) in [5, 5.41) is 9.78. The number of nitrogens with one attached hydrogen (secondary N) is 1. The zero-order valence-corrected chi connectivity index (χ0v) is 14.1. The maximum atomic E-state index is 8.69. The van der Waals surface area contributed by atoms with Crippen LogP contribution in [0.5, 0.6) is 0 Å². The van der Waals surface area contributed by atoms with Crippen LogP contribution in [0.1, 0.15) is 16.7 Å². The molecule has 0 saturated carbocycles. The SMILES string of the molecule is Cc1ccccc1CC(=N)c1cn(-c2ccccn2)c2ccccc12. The molecule has 4 aromatic rings. The lowest BCUT2D eigenvalue weighted by atomic mass is 9.99. The lowest BCUT2D eigenvalue weighted by molar-refractivity contribution is 1.04. The van der Waals surface area contributed by atoms with Gasteiger partial charge in [0.1, 0.15) is 5.82 Å². The molecule has 1 N–H and O–H groups in total. The van der Waals surface area contributed by atoms with Crippen LogP contribution in [0.4, 0.5) is 0 Å². The minimum absolute atomic E-state index is 0.625. The second-order valence-electron chi connectivity index (χ2n) is 6.20. The molecular weight excluding hydrogens is 306 g/mol. The van der Waals surface area contributed by atoms with Gasteiger partial charge in [0.15, 0.2) is 0 Å². The van der Waals surface area contributed by atoms with Crippen molar-refractivity contribution in [2.45, 2.75) is 13.3 Å². The van der Waals surface area contributed by atoms with Gasteiger partial charge < -0.3 is 9.98 Å². The number of nitrogens with zero attached hydrogens (tertiary/aromatic N) is 2. The van der Waals surface area contributed by atoms with Crippen molar-refractivity contribution in [3.05, 3.63) is 95.8 Å². The Labute approximate surface area is 147 Å². The Kier molecular flexibility index (Phi) is 3.90. The van der Waals surface area contributed by atoms with E-state index in [0.717, 1.165) is 22.3 Å². The first-order chi connectivity index (χ1) is 12.2. The van der Waals surface area contributed by atoms with Gasteiger partial charge in [-0.15, -0.1) is 0 Å². The molecule has 0 bridgehead atoms. The van der Waals surface area contributed by atoms with Gasteiger partial charge in [0.25, 0.3) is 0 Å². The van der Waals surface area contributed by atoms with E-state index in [9.17, 15) is 0 Å². The van der Waals surface area contributed by atoms with Crippen LogP contribution in [-0.4, -0.2) is 15.3 Å². The van der Waals surface area contributed by atoms with Crippen molar-refractivity contribution in [3.63, 3.8) is 0 Å². The number of para-hydroxylation sites is 1. The Balaban J connectivity index is 1.80. The quantitative estimate of drug-likeness (QED) is 0.530. The Hall–Kier alpha value is -3.20. The van der Waals surface area contributed by atoms with E-state index in [1.807, 2.05) is 48.7 Å². The van der Waals surface area contributed by atoms with Crippen LogP contribution in [0.2, 0.25) is 0 Å². The van der Waals surface area contributed by atoms with E-state index < -0.39 is 0 Å². The molecule has 2 aromatic heterocycles. The van der Waals surface area contributed by atoms with Crippen molar-refractivity contribution >= 4 is 16.6 Å². The molecule has 0 aliphatic carbocycles. The average molecular weight is 325 g/mol. The van der Waals surface area contributed by atoms with Crippen LogP contribution in [0, 0.1) is 12.3 Å². The number of pyridine rings is 1. The van der Waals surface area contributed by atoms with Crippen LogP contribution in [0.25, 0.3) is 16.7 Å². The van der Waals surface area contributed by atoms with Gasteiger partial charge >= 0.3 is 0 Å². The first-order valence-corrected chi connectivity index (χ1v) is 8.38. The summed E-state index contributed by atoms with van der Waals surface area (Å²) in [7, 11) is 0. The number of aryl methyl sites for hydroxylation is 1. The topological polar surface area (TPSA) is 41.7 Å². The number of aromatic nitrogens is 2. The van der Waals surface area contributed by atoms with Crippen molar-refractivity contribution in [2.75, 3.05) is 0 Å². The minimum Gasteiger partial charge on any atom is -0.304 e. The molecule has 0 unspecified atom stereocenters. The molecule has 0 radical (unpaired) electrons. The normalized spacial score (nSPS) is 10.9. The van der Waals surface area contributed by atoms with Gasteiger partial charge in [0, 0.05) is 35.5 Å². The zero-order chi connectivity index (χ0) is 17.2. The smallest absolute Gasteiger partial charge is 0.137 e. The monoisotopic (exact) mass is 325 g/mol. The van der Waals surface area contributed by atoms with Crippen molar-refractivity contribution in [1.82, 2.24) is 9.55 Å². The third-order valence-electron chi connectivity index (χ3n) is 4.56. The molecule has 2 aromatic carbocycles. The van der Waals surface area contributed by atoms with Gasteiger partial charge in [0.2, 0.25) is 0 Å². The Morgan fingerprint density at radius 1 is 0.960 bits per heavy atom. The Bertz CT molecular complexity index is 1050. The summed E-state index contributed by atoms with van der Waals surface area (Å²) in [6, 6.07) is 22.4. The maximum Gasteiger partial charge on any atom is 0.137 e. The van der Waals surface area contributed by atoms with Gasteiger partial charge in [-0.25, -0.2) is 4.98 Å². The van der Waals surface area contributed by atoms with E-state index in [0.29, 0.717) is 12.1 Å². The predicted octanol–water partition coefficient (Wildman–Crippen LogP) is 4.94. The molecule has 0 aliphatic rings. The van der Waals surface area contributed by atoms with Crippen LogP contribution >= 0.6 is 0 Å². The van der Waals surface area contributed by atoms with Crippen LogP contribution in [0.15, 0.2) is 79.1 Å². The van der Waals surface area contributed by atoms with E-state index in [1.165, 1.54) is 11.1 Å². The van der Waals surface area contributed by atoms with Gasteiger partial charge in [-0.05, 0) is 36.2 Å². The number of hydrogen-bond acceptors (Lipinski definition) is 2. The molecule has 0 atom stereocenters. The summed E-state index contributed by atoms with van der Waals surface area (Å²) >= 11 is 0. The van der Waals surface area contributed by atoms with Gasteiger partial charge in [-0.2, -0.15) is 0 Å². The molecule has 0 spiro atoms. The predicted molar refractivity (Wildman–Crippen MR) is 103 cm³/mol. The molecule has 122 valence electrons. The van der Waals surface area contributed by atoms with Crippen molar-refractivity contribution in [2.24, 2.45) is 0 Å². The standard InChI is InChI=1S/C22H19N3/c1-16-8-2-3-9-17(16)14-20(23)19-15-25(22-12-6-7-13-24-22)21-11-5-4-10-18(19)21/h2-13,15,23H,14H2,1H3. The van der Waals surface area contributed by atoms with Crippen molar-refractivity contribution < 1.29 is 0 Å². The first-order valence-electron chi connectivity index (χ1n) is 8.38. The van der Waals surface area contributed by atoms with Gasteiger partial charge in [0.05, 0.1) is 5.52 Å². The third-order valence-corrected chi connectivity index (χ3v) is 4.56. The molecule has 3 heteroatoms. The molecule has 0 fully saturated rings. The summed E-state index contributed by atoms with van der Waals surface area (Å²) in [5.41, 5.74) is 5.08. The molecule has 0 saturated heterocycles. The van der Waals surface area contributed by atoms with Crippen LogP contribution in [-0.2, 0) is 6.42 Å². The highest BCUT2D eigenvalue weighted by molar-refractivity contribution is 6.10. The van der Waals surface area contributed by atoms with E-state index >= 15 is 0 Å². The molecule has 2 heterocycles. The fourth-order valence-corrected chi connectivity index (χ4v) is 3.20. The molecule has 25 heavy (non-hydrogen) atoms. The summed E-state index contributed by atoms with van der Waals surface area (Å²) in [6.07, 6.45) is 4.46. The fourth-order valence-electron chi connectivity index (χ4n) is 3.20. The fraction of sp³-hybridized carbons (Fsp3) is 0.0909.